The molecule has 25 heavy (non-hydrogen) atoms. The van der Waals surface area contributed by atoms with Crippen LogP contribution >= 0.6 is 0 Å². The molecule has 2 aromatic rings. The highest BCUT2D eigenvalue weighted by atomic mass is 32.2. The highest BCUT2D eigenvalue weighted by Gasteiger charge is 2.33. The number of halogens is 4. The van der Waals surface area contributed by atoms with E-state index in [4.69, 9.17) is 9.11 Å². The zero-order valence-electron chi connectivity index (χ0n) is 11.9. The molecule has 0 saturated heterocycles. The van der Waals surface area contributed by atoms with Crippen molar-refractivity contribution in [2.75, 3.05) is 0 Å². The summed E-state index contributed by atoms with van der Waals surface area (Å²) in [6.45, 7) is 0. The van der Waals surface area contributed by atoms with E-state index >= 15 is 0 Å². The van der Waals surface area contributed by atoms with Gasteiger partial charge in [0.1, 0.15) is 5.75 Å². The number of hydrogen-bond acceptors (Lipinski definition) is 4. The average Bonchev–Trinajstić information content (AvgIpc) is 2.49. The summed E-state index contributed by atoms with van der Waals surface area (Å²) < 4.78 is 109. The van der Waals surface area contributed by atoms with Crippen LogP contribution in [0.3, 0.4) is 0 Å². The molecule has 2 aromatic carbocycles. The molecule has 136 valence electrons. The smallest absolute Gasteiger partial charge is 0.300 e. The Hall–Kier alpha value is -2.02. The lowest BCUT2D eigenvalue weighted by atomic mass is 10.2. The van der Waals surface area contributed by atoms with Crippen LogP contribution in [0.25, 0.3) is 0 Å². The Kier molecular flexibility index (Phi) is 5.46. The molecule has 12 heteroatoms. The molecule has 0 aliphatic rings. The van der Waals surface area contributed by atoms with Gasteiger partial charge in [-0.3, -0.25) is 4.55 Å². The van der Waals surface area contributed by atoms with Crippen LogP contribution in [0.15, 0.2) is 29.2 Å². The molecule has 6 nitrogen and oxygen atoms in total. The minimum Gasteiger partial charge on any atom is -0.451 e. The molecule has 0 aliphatic heterocycles. The predicted octanol–water partition coefficient (Wildman–Crippen LogP) is 3.00. The van der Waals surface area contributed by atoms with Crippen molar-refractivity contribution < 1.29 is 44.0 Å². The molecule has 2 N–H and O–H groups in total. The maximum atomic E-state index is 13.8. The van der Waals surface area contributed by atoms with Gasteiger partial charge in [0.05, 0.1) is 5.75 Å². The van der Waals surface area contributed by atoms with E-state index in [1.165, 1.54) is 12.1 Å². The van der Waals surface area contributed by atoms with Gasteiger partial charge in [0.15, 0.2) is 27.6 Å². The zero-order chi connectivity index (χ0) is 18.9. The molecule has 1 unspecified atom stereocenters. The molecule has 0 aliphatic carbocycles. The van der Waals surface area contributed by atoms with Crippen LogP contribution in [0.5, 0.6) is 11.5 Å². The third-order valence-electron chi connectivity index (χ3n) is 2.87. The largest absolute Gasteiger partial charge is 0.451 e. The molecule has 0 spiro atoms. The topological polar surface area (TPSA) is 101 Å². The van der Waals surface area contributed by atoms with Crippen LogP contribution in [0.4, 0.5) is 17.6 Å². The van der Waals surface area contributed by atoms with Crippen molar-refractivity contribution >= 4 is 21.2 Å². The Morgan fingerprint density at radius 3 is 1.84 bits per heavy atom. The van der Waals surface area contributed by atoms with Crippen molar-refractivity contribution in [3.05, 3.63) is 53.1 Å². The van der Waals surface area contributed by atoms with Gasteiger partial charge in [0.2, 0.25) is 17.4 Å². The van der Waals surface area contributed by atoms with Crippen LogP contribution in [0.1, 0.15) is 5.56 Å². The molecule has 2 rings (SSSR count). The van der Waals surface area contributed by atoms with Crippen LogP contribution in [0, 0.1) is 23.3 Å². The van der Waals surface area contributed by atoms with Gasteiger partial charge in [-0.25, -0.2) is 13.0 Å². The van der Waals surface area contributed by atoms with Crippen molar-refractivity contribution in [3.8, 4) is 11.5 Å². The number of rotatable bonds is 5. The Morgan fingerprint density at radius 2 is 1.44 bits per heavy atom. The first-order chi connectivity index (χ1) is 11.5. The number of hydrogen-bond donors (Lipinski definition) is 2. The summed E-state index contributed by atoms with van der Waals surface area (Å²) in [5.74, 6) is -11.1. The Bertz CT molecular complexity index is 915. The first-order valence-electron chi connectivity index (χ1n) is 6.20. The average molecular weight is 400 g/mol. The van der Waals surface area contributed by atoms with Crippen molar-refractivity contribution in [2.24, 2.45) is 0 Å². The lowest BCUT2D eigenvalue weighted by Gasteiger charge is -2.11. The third-order valence-corrected chi connectivity index (χ3v) is 4.33. The van der Waals surface area contributed by atoms with E-state index in [0.29, 0.717) is 5.56 Å². The second kappa shape index (κ2) is 7.07. The monoisotopic (exact) mass is 400 g/mol. The van der Waals surface area contributed by atoms with E-state index in [2.05, 4.69) is 4.74 Å². The standard InChI is InChI=1S/C13H8F4O6S2/c14-8-10(16)13(25(20,21)22)11(17)9(15)12(8)23-7-3-1-6(2-4-7)5-24(18)19/h1-4H,5H2,(H,18,19)(H,20,21,22). The van der Waals surface area contributed by atoms with Gasteiger partial charge in [-0.2, -0.15) is 17.2 Å². The Labute approximate surface area is 141 Å². The predicted molar refractivity (Wildman–Crippen MR) is 77.1 cm³/mol. The van der Waals surface area contributed by atoms with Gasteiger partial charge in [0.25, 0.3) is 0 Å². The molecule has 1 atom stereocenters. The summed E-state index contributed by atoms with van der Waals surface area (Å²) in [6, 6.07) is 4.73. The lowest BCUT2D eigenvalue weighted by molar-refractivity contribution is 0.346. The normalized spacial score (nSPS) is 12.9. The summed E-state index contributed by atoms with van der Waals surface area (Å²) in [5, 5.41) is 0. The molecule has 0 bridgehead atoms. The first kappa shape index (κ1) is 19.3. The van der Waals surface area contributed by atoms with Crippen molar-refractivity contribution in [1.82, 2.24) is 0 Å². The fourth-order valence-corrected chi connectivity index (χ4v) is 2.93. The molecule has 0 saturated carbocycles. The molecule has 0 heterocycles. The molecule has 0 aromatic heterocycles. The summed E-state index contributed by atoms with van der Waals surface area (Å²) in [4.78, 5) is -2.17. The van der Waals surface area contributed by atoms with Gasteiger partial charge >= 0.3 is 10.1 Å². The number of benzene rings is 2. The van der Waals surface area contributed by atoms with Crippen molar-refractivity contribution in [3.63, 3.8) is 0 Å². The van der Waals surface area contributed by atoms with E-state index in [-0.39, 0.29) is 11.5 Å². The highest BCUT2D eigenvalue weighted by molar-refractivity contribution is 7.85. The molecular weight excluding hydrogens is 392 g/mol. The SMILES string of the molecule is O=S(O)Cc1ccc(Oc2c(F)c(F)c(S(=O)(=O)O)c(F)c2F)cc1. The third kappa shape index (κ3) is 4.15. The lowest BCUT2D eigenvalue weighted by Crippen LogP contribution is -2.11. The second-order valence-electron chi connectivity index (χ2n) is 4.60. The Morgan fingerprint density at radius 1 is 0.960 bits per heavy atom. The summed E-state index contributed by atoms with van der Waals surface area (Å²) in [5.41, 5.74) is 0.369. The first-order valence-corrected chi connectivity index (χ1v) is 8.91. The fourth-order valence-electron chi connectivity index (χ4n) is 1.82. The Balaban J connectivity index is 2.46. The van der Waals surface area contributed by atoms with Crippen LogP contribution in [0.2, 0.25) is 0 Å². The van der Waals surface area contributed by atoms with E-state index in [1.807, 2.05) is 0 Å². The molecular formula is C13H8F4O6S2. The zero-order valence-corrected chi connectivity index (χ0v) is 13.5. The van der Waals surface area contributed by atoms with Gasteiger partial charge in [-0.1, -0.05) is 12.1 Å². The molecule has 0 fully saturated rings. The van der Waals surface area contributed by atoms with Crippen molar-refractivity contribution in [1.29, 1.82) is 0 Å². The van der Waals surface area contributed by atoms with Gasteiger partial charge < -0.3 is 9.29 Å². The van der Waals surface area contributed by atoms with Gasteiger partial charge in [0, 0.05) is 0 Å². The summed E-state index contributed by atoms with van der Waals surface area (Å²) >= 11 is -2.13. The van der Waals surface area contributed by atoms with Crippen LogP contribution in [-0.2, 0) is 27.0 Å². The molecule has 0 radical (unpaired) electrons. The number of ether oxygens (including phenoxy) is 1. The van der Waals surface area contributed by atoms with Crippen LogP contribution < -0.4 is 4.74 Å². The van der Waals surface area contributed by atoms with Crippen LogP contribution in [-0.4, -0.2) is 21.7 Å². The summed E-state index contributed by atoms with van der Waals surface area (Å²) in [6.07, 6.45) is 0. The van der Waals surface area contributed by atoms with E-state index < -0.39 is 55.1 Å². The minimum atomic E-state index is -5.55. The fraction of sp³-hybridized carbons (Fsp3) is 0.0769. The van der Waals surface area contributed by atoms with E-state index in [9.17, 15) is 30.2 Å². The maximum Gasteiger partial charge on any atom is 0.300 e. The van der Waals surface area contributed by atoms with E-state index in [1.54, 1.807) is 0 Å². The quantitative estimate of drug-likeness (QED) is 0.346. The minimum absolute atomic E-state index is 0.227. The second-order valence-corrected chi connectivity index (χ2v) is 6.89. The van der Waals surface area contributed by atoms with E-state index in [0.717, 1.165) is 12.1 Å². The molecule has 0 amide bonds. The van der Waals surface area contributed by atoms with Crippen molar-refractivity contribution in [2.45, 2.75) is 10.6 Å². The highest BCUT2D eigenvalue weighted by Crippen LogP contribution is 2.35. The van der Waals surface area contributed by atoms with Gasteiger partial charge in [-0.15, -0.1) is 0 Å². The maximum absolute atomic E-state index is 13.8. The van der Waals surface area contributed by atoms with Gasteiger partial charge in [-0.05, 0) is 17.7 Å². The summed E-state index contributed by atoms with van der Waals surface area (Å²) in [7, 11) is -5.55.